The summed E-state index contributed by atoms with van der Waals surface area (Å²) in [5, 5.41) is 19.2. The minimum atomic E-state index is -4.46. The fourth-order valence-corrected chi connectivity index (χ4v) is 2.59. The van der Waals surface area contributed by atoms with E-state index in [9.17, 15) is 13.2 Å². The van der Waals surface area contributed by atoms with Crippen LogP contribution in [0.2, 0.25) is 0 Å². The second kappa shape index (κ2) is 6.71. The average Bonchev–Trinajstić information content (AvgIpc) is 2.82. The van der Waals surface area contributed by atoms with Gasteiger partial charge in [-0.2, -0.15) is 13.2 Å². The monoisotopic (exact) mass is 307 g/mol. The van der Waals surface area contributed by atoms with E-state index < -0.39 is 12.0 Å². The summed E-state index contributed by atoms with van der Waals surface area (Å²) in [5.41, 5.74) is 0. The zero-order valence-electron chi connectivity index (χ0n) is 11.9. The molecule has 0 saturated carbocycles. The molecule has 0 fully saturated rings. The molecule has 0 saturated heterocycles. The van der Waals surface area contributed by atoms with Gasteiger partial charge >= 0.3 is 6.18 Å². The molecule has 0 aliphatic carbocycles. The van der Waals surface area contributed by atoms with Gasteiger partial charge in [-0.15, -0.1) is 10.2 Å². The Bertz CT molecular complexity index is 456. The minimum absolute atomic E-state index is 0.0832. The predicted octanol–water partition coefficient (Wildman–Crippen LogP) is 0.473. The maximum atomic E-state index is 12.7. The molecule has 1 aliphatic heterocycles. The Balaban J connectivity index is 2.01. The fraction of sp³-hybridized carbons (Fsp3) is 0.833. The Labute approximate surface area is 121 Å². The predicted molar refractivity (Wildman–Crippen MR) is 69.5 cm³/mol. The maximum Gasteiger partial charge on any atom is 0.451 e. The van der Waals surface area contributed by atoms with Gasteiger partial charge in [0.1, 0.15) is 5.82 Å². The molecule has 0 spiro atoms. The smallest absolute Gasteiger partial charge is 0.396 e. The van der Waals surface area contributed by atoms with Gasteiger partial charge in [-0.05, 0) is 13.0 Å². The van der Waals surface area contributed by atoms with Gasteiger partial charge in [-0.25, -0.2) is 0 Å². The fourth-order valence-electron chi connectivity index (χ4n) is 2.59. The van der Waals surface area contributed by atoms with Crippen molar-refractivity contribution in [3.8, 4) is 0 Å². The molecule has 21 heavy (non-hydrogen) atoms. The van der Waals surface area contributed by atoms with Gasteiger partial charge in [0.05, 0.1) is 6.54 Å². The number of aliphatic hydroxyl groups excluding tert-OH is 1. The molecule has 2 N–H and O–H groups in total. The molecular weight excluding hydrogens is 287 g/mol. The Morgan fingerprint density at radius 1 is 1.33 bits per heavy atom. The van der Waals surface area contributed by atoms with Crippen LogP contribution in [0.25, 0.3) is 0 Å². The highest BCUT2D eigenvalue weighted by atomic mass is 19.4. The molecule has 1 atom stereocenters. The molecule has 1 aromatic heterocycles. The number of hydrogen-bond donors (Lipinski definition) is 2. The highest BCUT2D eigenvalue weighted by molar-refractivity contribution is 5.02. The number of hydrogen-bond acceptors (Lipinski definition) is 5. The highest BCUT2D eigenvalue weighted by Gasteiger charge is 2.39. The van der Waals surface area contributed by atoms with Crippen molar-refractivity contribution in [1.29, 1.82) is 0 Å². The number of alkyl halides is 3. The summed E-state index contributed by atoms with van der Waals surface area (Å²) < 4.78 is 39.4. The van der Waals surface area contributed by atoms with E-state index in [1.807, 2.05) is 11.8 Å². The molecule has 9 heteroatoms. The Morgan fingerprint density at radius 2 is 2.10 bits per heavy atom. The van der Waals surface area contributed by atoms with Crippen molar-refractivity contribution in [3.05, 3.63) is 11.6 Å². The van der Waals surface area contributed by atoms with Crippen LogP contribution in [0.5, 0.6) is 0 Å². The third-order valence-electron chi connectivity index (χ3n) is 3.53. The second-order valence-electron chi connectivity index (χ2n) is 5.09. The standard InChI is InChI=1S/C12H20F3N5O/c1-2-16-9(3-6-21)7-19-4-5-20-10(8-19)17-18-11(20)12(13,14)15/h9,16,21H,2-8H2,1H3. The summed E-state index contributed by atoms with van der Waals surface area (Å²) in [6.45, 7) is 4.61. The summed E-state index contributed by atoms with van der Waals surface area (Å²) in [4.78, 5) is 2.03. The first kappa shape index (κ1) is 16.2. The van der Waals surface area contributed by atoms with Crippen LogP contribution in [-0.2, 0) is 19.3 Å². The summed E-state index contributed by atoms with van der Waals surface area (Å²) >= 11 is 0. The maximum absolute atomic E-state index is 12.7. The lowest BCUT2D eigenvalue weighted by Crippen LogP contribution is -2.44. The van der Waals surface area contributed by atoms with Crippen LogP contribution in [0.15, 0.2) is 0 Å². The van der Waals surface area contributed by atoms with Crippen molar-refractivity contribution < 1.29 is 18.3 Å². The molecule has 120 valence electrons. The molecule has 2 heterocycles. The van der Waals surface area contributed by atoms with Crippen LogP contribution in [0.1, 0.15) is 25.0 Å². The number of nitrogens with zero attached hydrogens (tertiary/aromatic N) is 4. The number of likely N-dealkylation sites (N-methyl/N-ethyl adjacent to an activating group) is 1. The van der Waals surface area contributed by atoms with Crippen molar-refractivity contribution in [2.75, 3.05) is 26.2 Å². The molecule has 1 unspecified atom stereocenters. The first-order valence-electron chi connectivity index (χ1n) is 7.01. The normalized spacial score (nSPS) is 17.8. The number of halogens is 3. The lowest BCUT2D eigenvalue weighted by molar-refractivity contribution is -0.148. The first-order chi connectivity index (χ1) is 9.95. The van der Waals surface area contributed by atoms with Crippen LogP contribution in [0, 0.1) is 0 Å². The lowest BCUT2D eigenvalue weighted by Gasteiger charge is -2.31. The molecular formula is C12H20F3N5O. The number of rotatable bonds is 6. The quantitative estimate of drug-likeness (QED) is 0.800. The van der Waals surface area contributed by atoms with Gasteiger partial charge in [-0.1, -0.05) is 6.92 Å². The Morgan fingerprint density at radius 3 is 2.71 bits per heavy atom. The van der Waals surface area contributed by atoms with E-state index >= 15 is 0 Å². The average molecular weight is 307 g/mol. The Hall–Kier alpha value is -1.19. The molecule has 0 aromatic carbocycles. The van der Waals surface area contributed by atoms with Gasteiger partial charge in [-0.3, -0.25) is 4.90 Å². The van der Waals surface area contributed by atoms with Crippen LogP contribution in [-0.4, -0.2) is 57.1 Å². The SMILES string of the molecule is CCNC(CCO)CN1CCn2c(nnc2C(F)(F)F)C1. The van der Waals surface area contributed by atoms with Gasteiger partial charge in [0, 0.05) is 32.3 Å². The largest absolute Gasteiger partial charge is 0.451 e. The van der Waals surface area contributed by atoms with Gasteiger partial charge in [0.2, 0.25) is 5.82 Å². The molecule has 0 bridgehead atoms. The molecule has 0 radical (unpaired) electrons. The number of nitrogens with one attached hydrogen (secondary N) is 1. The number of aromatic nitrogens is 3. The van der Waals surface area contributed by atoms with E-state index in [4.69, 9.17) is 5.11 Å². The van der Waals surface area contributed by atoms with Gasteiger partial charge < -0.3 is 15.0 Å². The van der Waals surface area contributed by atoms with E-state index in [0.717, 1.165) is 11.1 Å². The van der Waals surface area contributed by atoms with E-state index in [2.05, 4.69) is 15.5 Å². The van der Waals surface area contributed by atoms with Crippen molar-refractivity contribution in [2.45, 2.75) is 38.7 Å². The zero-order valence-corrected chi connectivity index (χ0v) is 11.9. The zero-order chi connectivity index (χ0) is 15.5. The summed E-state index contributed by atoms with van der Waals surface area (Å²) in [5.74, 6) is -0.580. The van der Waals surface area contributed by atoms with Crippen LogP contribution < -0.4 is 5.32 Å². The molecule has 1 aromatic rings. The lowest BCUT2D eigenvalue weighted by atomic mass is 10.2. The van der Waals surface area contributed by atoms with E-state index in [1.54, 1.807) is 0 Å². The topological polar surface area (TPSA) is 66.2 Å². The Kier molecular flexibility index (Phi) is 5.17. The van der Waals surface area contributed by atoms with Crippen molar-refractivity contribution in [3.63, 3.8) is 0 Å². The summed E-state index contributed by atoms with van der Waals surface area (Å²) in [7, 11) is 0. The molecule has 2 rings (SSSR count). The molecule has 1 aliphatic rings. The van der Waals surface area contributed by atoms with Crippen molar-refractivity contribution in [1.82, 2.24) is 25.0 Å². The second-order valence-corrected chi connectivity index (χ2v) is 5.09. The van der Waals surface area contributed by atoms with Gasteiger partial charge in [0.15, 0.2) is 0 Å². The molecule has 0 amide bonds. The van der Waals surface area contributed by atoms with Gasteiger partial charge in [0.25, 0.3) is 0 Å². The van der Waals surface area contributed by atoms with E-state index in [0.29, 0.717) is 31.9 Å². The minimum Gasteiger partial charge on any atom is -0.396 e. The van der Waals surface area contributed by atoms with E-state index in [1.165, 1.54) is 0 Å². The number of aliphatic hydroxyl groups is 1. The number of fused-ring (bicyclic) bond motifs is 1. The van der Waals surface area contributed by atoms with Crippen LogP contribution in [0.3, 0.4) is 0 Å². The molecule has 6 nitrogen and oxygen atoms in total. The van der Waals surface area contributed by atoms with Crippen LogP contribution in [0.4, 0.5) is 13.2 Å². The van der Waals surface area contributed by atoms with Crippen molar-refractivity contribution >= 4 is 0 Å². The van der Waals surface area contributed by atoms with E-state index in [-0.39, 0.29) is 19.2 Å². The third-order valence-corrected chi connectivity index (χ3v) is 3.53. The highest BCUT2D eigenvalue weighted by Crippen LogP contribution is 2.29. The summed E-state index contributed by atoms with van der Waals surface area (Å²) in [6, 6.07) is 0.122. The third kappa shape index (κ3) is 3.92. The summed E-state index contributed by atoms with van der Waals surface area (Å²) in [6.07, 6.45) is -3.85. The van der Waals surface area contributed by atoms with Crippen LogP contribution >= 0.6 is 0 Å². The van der Waals surface area contributed by atoms with Crippen molar-refractivity contribution in [2.24, 2.45) is 0 Å². The first-order valence-corrected chi connectivity index (χ1v) is 7.01.